The van der Waals surface area contributed by atoms with Crippen molar-refractivity contribution in [2.24, 2.45) is 5.92 Å². The predicted molar refractivity (Wildman–Crippen MR) is 120 cm³/mol. The first kappa shape index (κ1) is 24.7. The first-order chi connectivity index (χ1) is 17.1. The van der Waals surface area contributed by atoms with Gasteiger partial charge in [-0.3, -0.25) is 19.2 Å². The number of anilines is 1. The highest BCUT2D eigenvalue weighted by atomic mass is 19.2. The summed E-state index contributed by atoms with van der Waals surface area (Å²) in [5.41, 5.74) is 0.189. The van der Waals surface area contributed by atoms with E-state index in [1.807, 2.05) is 0 Å². The highest BCUT2D eigenvalue weighted by molar-refractivity contribution is 5.99. The molecule has 0 spiro atoms. The molecule has 0 bridgehead atoms. The van der Waals surface area contributed by atoms with Gasteiger partial charge in [0.05, 0.1) is 24.4 Å². The minimum Gasteiger partial charge on any atom is -0.493 e. The fourth-order valence-electron chi connectivity index (χ4n) is 3.80. The van der Waals surface area contributed by atoms with Gasteiger partial charge in [-0.05, 0) is 41.5 Å². The summed E-state index contributed by atoms with van der Waals surface area (Å²) in [7, 11) is 0. The molecule has 0 saturated carbocycles. The lowest BCUT2D eigenvalue weighted by Gasteiger charge is -2.14. The number of carbonyl (C=O) groups is 3. The number of aliphatic carboxylic acids is 1. The second kappa shape index (κ2) is 10.1. The van der Waals surface area contributed by atoms with Crippen molar-refractivity contribution in [1.29, 1.82) is 0 Å². The van der Waals surface area contributed by atoms with Gasteiger partial charge in [0.25, 0.3) is 5.56 Å². The van der Waals surface area contributed by atoms with E-state index in [0.717, 1.165) is 22.3 Å². The fourth-order valence-corrected chi connectivity index (χ4v) is 3.80. The van der Waals surface area contributed by atoms with Gasteiger partial charge in [-0.2, -0.15) is 0 Å². The Morgan fingerprint density at radius 1 is 1.08 bits per heavy atom. The molecule has 11 heteroatoms. The number of ether oxygens (including phenoxy) is 1. The van der Waals surface area contributed by atoms with Crippen LogP contribution in [0.25, 0.3) is 0 Å². The average molecular weight is 500 g/mol. The molecule has 1 aliphatic heterocycles. The zero-order valence-electron chi connectivity index (χ0n) is 18.6. The molecule has 0 saturated heterocycles. The van der Waals surface area contributed by atoms with E-state index in [9.17, 15) is 37.5 Å². The SMILES string of the molecule is O=C1Cc2ccc(OC[C@H](CC(=O)c3cccn(Cc4cc(F)c(F)c(F)c4)c3=O)C(=O)O)cc2N1. The van der Waals surface area contributed by atoms with E-state index in [0.29, 0.717) is 11.4 Å². The molecule has 1 atom stereocenters. The largest absolute Gasteiger partial charge is 0.493 e. The number of carboxylic acid groups (broad SMARTS) is 1. The van der Waals surface area contributed by atoms with Crippen molar-refractivity contribution < 1.29 is 37.4 Å². The summed E-state index contributed by atoms with van der Waals surface area (Å²) in [5.74, 6) is -7.69. The smallest absolute Gasteiger partial charge is 0.310 e. The van der Waals surface area contributed by atoms with Crippen LogP contribution in [0.4, 0.5) is 18.9 Å². The minimum atomic E-state index is -1.64. The number of fused-ring (bicyclic) bond motifs is 1. The first-order valence-corrected chi connectivity index (χ1v) is 10.8. The van der Waals surface area contributed by atoms with Gasteiger partial charge in [0.1, 0.15) is 12.4 Å². The Bertz CT molecular complexity index is 1410. The summed E-state index contributed by atoms with van der Waals surface area (Å²) < 4.78 is 46.7. The highest BCUT2D eigenvalue weighted by Crippen LogP contribution is 2.28. The molecule has 0 fully saturated rings. The van der Waals surface area contributed by atoms with E-state index < -0.39 is 47.1 Å². The second-order valence-corrected chi connectivity index (χ2v) is 8.25. The van der Waals surface area contributed by atoms with Crippen molar-refractivity contribution in [1.82, 2.24) is 4.57 Å². The third kappa shape index (κ3) is 5.29. The summed E-state index contributed by atoms with van der Waals surface area (Å²) in [4.78, 5) is 48.8. The van der Waals surface area contributed by atoms with E-state index >= 15 is 0 Å². The van der Waals surface area contributed by atoms with Crippen molar-refractivity contribution in [2.75, 3.05) is 11.9 Å². The molecule has 0 unspecified atom stereocenters. The molecule has 0 aliphatic carbocycles. The van der Waals surface area contributed by atoms with E-state index in [1.165, 1.54) is 18.3 Å². The van der Waals surface area contributed by atoms with Gasteiger partial charge >= 0.3 is 5.97 Å². The molecule has 36 heavy (non-hydrogen) atoms. The summed E-state index contributed by atoms with van der Waals surface area (Å²) in [6.07, 6.45) is 0.972. The molecule has 1 aromatic heterocycles. The highest BCUT2D eigenvalue weighted by Gasteiger charge is 2.25. The number of ketones is 1. The van der Waals surface area contributed by atoms with Gasteiger partial charge in [-0.25, -0.2) is 13.2 Å². The van der Waals surface area contributed by atoms with Crippen LogP contribution in [-0.2, 0) is 22.6 Å². The van der Waals surface area contributed by atoms with Crippen LogP contribution in [0.3, 0.4) is 0 Å². The average Bonchev–Trinajstić information content (AvgIpc) is 3.20. The lowest BCUT2D eigenvalue weighted by molar-refractivity contribution is -0.142. The van der Waals surface area contributed by atoms with Gasteiger partial charge in [-0.15, -0.1) is 0 Å². The number of rotatable bonds is 9. The number of aromatic nitrogens is 1. The van der Waals surface area contributed by atoms with Gasteiger partial charge in [-0.1, -0.05) is 6.07 Å². The number of pyridine rings is 1. The zero-order valence-corrected chi connectivity index (χ0v) is 18.6. The summed E-state index contributed by atoms with van der Waals surface area (Å²) in [6, 6.07) is 8.86. The molecule has 1 amide bonds. The van der Waals surface area contributed by atoms with Crippen LogP contribution >= 0.6 is 0 Å². The van der Waals surface area contributed by atoms with Crippen molar-refractivity contribution in [2.45, 2.75) is 19.4 Å². The van der Waals surface area contributed by atoms with Crippen LogP contribution in [0.5, 0.6) is 5.75 Å². The molecule has 8 nitrogen and oxygen atoms in total. The molecule has 186 valence electrons. The lowest BCUT2D eigenvalue weighted by Crippen LogP contribution is -2.30. The van der Waals surface area contributed by atoms with Gasteiger partial charge in [0.15, 0.2) is 23.2 Å². The summed E-state index contributed by atoms with van der Waals surface area (Å²) in [6.45, 7) is -0.711. The van der Waals surface area contributed by atoms with E-state index in [-0.39, 0.29) is 36.6 Å². The Balaban J connectivity index is 1.46. The predicted octanol–water partition coefficient (Wildman–Crippen LogP) is 3.16. The Morgan fingerprint density at radius 3 is 2.50 bits per heavy atom. The molecule has 1 aliphatic rings. The van der Waals surface area contributed by atoms with E-state index in [4.69, 9.17) is 4.74 Å². The topological polar surface area (TPSA) is 115 Å². The number of nitrogens with zero attached hydrogens (tertiary/aromatic N) is 1. The molecule has 2 heterocycles. The van der Waals surface area contributed by atoms with E-state index in [2.05, 4.69) is 5.32 Å². The van der Waals surface area contributed by atoms with Crippen molar-refractivity contribution >= 4 is 23.3 Å². The normalized spacial score (nSPS) is 13.1. The maximum atomic E-state index is 13.5. The number of carboxylic acids is 1. The third-order valence-corrected chi connectivity index (χ3v) is 5.66. The van der Waals surface area contributed by atoms with Crippen LogP contribution in [0.1, 0.15) is 27.9 Å². The molecule has 3 aromatic rings. The Kier molecular flexibility index (Phi) is 6.91. The number of hydrogen-bond donors (Lipinski definition) is 2. The first-order valence-electron chi connectivity index (χ1n) is 10.8. The van der Waals surface area contributed by atoms with Crippen molar-refractivity contribution in [3.63, 3.8) is 0 Å². The summed E-state index contributed by atoms with van der Waals surface area (Å²) >= 11 is 0. The molecule has 0 radical (unpaired) electrons. The monoisotopic (exact) mass is 500 g/mol. The van der Waals surface area contributed by atoms with Gasteiger partial charge in [0, 0.05) is 24.4 Å². The fraction of sp³-hybridized carbons (Fsp3) is 0.200. The maximum absolute atomic E-state index is 13.5. The molecular formula is C25H19F3N2O6. The molecule has 2 aromatic carbocycles. The van der Waals surface area contributed by atoms with Crippen molar-refractivity contribution in [3.05, 3.63) is 93.2 Å². The number of carbonyl (C=O) groups excluding carboxylic acids is 2. The van der Waals surface area contributed by atoms with Crippen LogP contribution in [-0.4, -0.2) is 33.9 Å². The van der Waals surface area contributed by atoms with Crippen LogP contribution < -0.4 is 15.6 Å². The Labute approximate surface area is 201 Å². The Morgan fingerprint density at radius 2 is 1.81 bits per heavy atom. The number of Topliss-reactive ketones (excluding diaryl/α,β-unsaturated/α-hetero) is 1. The maximum Gasteiger partial charge on any atom is 0.310 e. The minimum absolute atomic E-state index is 0.0413. The number of nitrogens with one attached hydrogen (secondary N) is 1. The lowest BCUT2D eigenvalue weighted by atomic mass is 9.99. The molecule has 2 N–H and O–H groups in total. The second-order valence-electron chi connectivity index (χ2n) is 8.25. The van der Waals surface area contributed by atoms with Crippen LogP contribution in [0, 0.1) is 23.4 Å². The standard InChI is InChI=1S/C25H19F3N2O6/c26-18-6-13(7-19(27)23(18)28)11-30-5-1-2-17(24(30)33)21(31)8-15(25(34)35)12-36-16-4-3-14-9-22(32)29-20(14)10-16/h1-7,10,15H,8-9,11-12H2,(H,29,32)(H,34,35)/t15-/m0/s1. The van der Waals surface area contributed by atoms with Gasteiger partial charge < -0.3 is 19.7 Å². The number of amides is 1. The summed E-state index contributed by atoms with van der Waals surface area (Å²) in [5, 5.41) is 12.2. The zero-order chi connectivity index (χ0) is 26.0. The van der Waals surface area contributed by atoms with Crippen LogP contribution in [0.2, 0.25) is 0 Å². The van der Waals surface area contributed by atoms with Crippen LogP contribution in [0.15, 0.2) is 53.5 Å². The third-order valence-electron chi connectivity index (χ3n) is 5.66. The van der Waals surface area contributed by atoms with Crippen molar-refractivity contribution in [3.8, 4) is 5.75 Å². The quantitative estimate of drug-likeness (QED) is 0.345. The molecular weight excluding hydrogens is 481 g/mol. The number of benzene rings is 2. The number of halogens is 3. The van der Waals surface area contributed by atoms with E-state index in [1.54, 1.807) is 18.2 Å². The number of hydrogen-bond acceptors (Lipinski definition) is 5. The molecule has 4 rings (SSSR count). The van der Waals surface area contributed by atoms with Gasteiger partial charge in [0.2, 0.25) is 5.91 Å². The Hall–Kier alpha value is -4.41.